The van der Waals surface area contributed by atoms with Gasteiger partial charge in [-0.25, -0.2) is 9.78 Å². The van der Waals surface area contributed by atoms with Crippen molar-refractivity contribution in [2.24, 2.45) is 0 Å². The standard InChI is InChI=1S/C20H17BrN2O4.C2HF3O2/c1-13-18(22-19(27-13)15-7-9-16(21)10-8-15)20(26)23(12-17(24)25)11-14-5-3-2-4-6-14;3-2(4,5)1(6)7/h2-10H,11-12H2,1H3,(H,24,25);(H,6,7). The summed E-state index contributed by atoms with van der Waals surface area (Å²) in [5.74, 6) is -3.66. The molecule has 1 amide bonds. The van der Waals surface area contributed by atoms with E-state index in [4.69, 9.17) is 14.3 Å². The maximum atomic E-state index is 12.9. The number of rotatable bonds is 6. The summed E-state index contributed by atoms with van der Waals surface area (Å²) in [5, 5.41) is 16.3. The third-order valence-electron chi connectivity index (χ3n) is 4.16. The number of carboxylic acids is 2. The SMILES string of the molecule is Cc1oc(-c2ccc(Br)cc2)nc1C(=O)N(CC(=O)O)Cc1ccccc1.O=C(O)C(F)(F)F. The Morgan fingerprint density at radius 2 is 1.59 bits per heavy atom. The summed E-state index contributed by atoms with van der Waals surface area (Å²) in [6.07, 6.45) is -5.08. The van der Waals surface area contributed by atoms with Crippen molar-refractivity contribution < 1.29 is 42.2 Å². The molecule has 1 heterocycles. The Morgan fingerprint density at radius 3 is 2.09 bits per heavy atom. The fourth-order valence-electron chi connectivity index (χ4n) is 2.63. The minimum atomic E-state index is -5.08. The number of amides is 1. The molecule has 2 N–H and O–H groups in total. The van der Waals surface area contributed by atoms with E-state index in [1.807, 2.05) is 54.6 Å². The third kappa shape index (κ3) is 7.73. The Hall–Kier alpha value is -3.67. The van der Waals surface area contributed by atoms with E-state index in [-0.39, 0.29) is 12.2 Å². The number of benzene rings is 2. The topological polar surface area (TPSA) is 121 Å². The molecule has 180 valence electrons. The average Bonchev–Trinajstić information content (AvgIpc) is 3.15. The molecule has 3 rings (SSSR count). The van der Waals surface area contributed by atoms with Crippen LogP contribution < -0.4 is 0 Å². The number of oxazole rings is 1. The molecule has 8 nitrogen and oxygen atoms in total. The summed E-state index contributed by atoms with van der Waals surface area (Å²) in [6, 6.07) is 16.6. The van der Waals surface area contributed by atoms with Gasteiger partial charge < -0.3 is 19.5 Å². The second-order valence-corrected chi connectivity index (χ2v) is 7.69. The van der Waals surface area contributed by atoms with Crippen LogP contribution in [0.5, 0.6) is 0 Å². The fourth-order valence-corrected chi connectivity index (χ4v) is 2.89. The molecule has 3 aromatic rings. The predicted molar refractivity (Wildman–Crippen MR) is 117 cm³/mol. The van der Waals surface area contributed by atoms with Crippen molar-refractivity contribution in [1.82, 2.24) is 9.88 Å². The fraction of sp³-hybridized carbons (Fsp3) is 0.182. The van der Waals surface area contributed by atoms with E-state index < -0.39 is 30.6 Å². The van der Waals surface area contributed by atoms with Gasteiger partial charge in [-0.05, 0) is 36.8 Å². The minimum absolute atomic E-state index is 0.116. The molecule has 0 atom stereocenters. The smallest absolute Gasteiger partial charge is 0.480 e. The highest BCUT2D eigenvalue weighted by atomic mass is 79.9. The van der Waals surface area contributed by atoms with Crippen LogP contribution in [0.1, 0.15) is 21.8 Å². The van der Waals surface area contributed by atoms with E-state index in [0.29, 0.717) is 11.7 Å². The van der Waals surface area contributed by atoms with Gasteiger partial charge in [-0.1, -0.05) is 46.3 Å². The van der Waals surface area contributed by atoms with Crippen LogP contribution in [0.2, 0.25) is 0 Å². The number of aryl methyl sites for hydroxylation is 1. The number of carboxylic acid groups (broad SMARTS) is 2. The highest BCUT2D eigenvalue weighted by Gasteiger charge is 2.38. The zero-order valence-corrected chi connectivity index (χ0v) is 19.1. The van der Waals surface area contributed by atoms with Crippen molar-refractivity contribution >= 4 is 33.8 Å². The van der Waals surface area contributed by atoms with Crippen molar-refractivity contribution in [3.05, 3.63) is 76.1 Å². The molecule has 0 unspecified atom stereocenters. The van der Waals surface area contributed by atoms with Crippen molar-refractivity contribution in [3.8, 4) is 11.5 Å². The van der Waals surface area contributed by atoms with E-state index in [9.17, 15) is 27.9 Å². The number of hydrogen-bond donors (Lipinski definition) is 2. The number of aliphatic carboxylic acids is 2. The van der Waals surface area contributed by atoms with Crippen LogP contribution in [-0.4, -0.2) is 50.7 Å². The molecule has 0 radical (unpaired) electrons. The molecule has 2 aromatic carbocycles. The van der Waals surface area contributed by atoms with E-state index in [2.05, 4.69) is 20.9 Å². The zero-order valence-electron chi connectivity index (χ0n) is 17.5. The summed E-state index contributed by atoms with van der Waals surface area (Å²) < 4.78 is 38.3. The summed E-state index contributed by atoms with van der Waals surface area (Å²) in [7, 11) is 0. The lowest BCUT2D eigenvalue weighted by Gasteiger charge is -2.19. The lowest BCUT2D eigenvalue weighted by Crippen LogP contribution is -2.35. The van der Waals surface area contributed by atoms with Crippen LogP contribution in [0, 0.1) is 6.92 Å². The first-order chi connectivity index (χ1) is 15.9. The molecule has 0 saturated carbocycles. The highest BCUT2D eigenvalue weighted by Crippen LogP contribution is 2.24. The lowest BCUT2D eigenvalue weighted by atomic mass is 10.2. The molecule has 0 saturated heterocycles. The number of hydrogen-bond acceptors (Lipinski definition) is 5. The maximum absolute atomic E-state index is 12.9. The number of carbonyl (C=O) groups is 3. The highest BCUT2D eigenvalue weighted by molar-refractivity contribution is 9.10. The molecule has 0 spiro atoms. The number of alkyl halides is 3. The van der Waals surface area contributed by atoms with E-state index in [1.54, 1.807) is 6.92 Å². The number of aromatic nitrogens is 1. The quantitative estimate of drug-likeness (QED) is 0.460. The summed E-state index contributed by atoms with van der Waals surface area (Å²) >= 11 is 3.37. The lowest BCUT2D eigenvalue weighted by molar-refractivity contribution is -0.192. The van der Waals surface area contributed by atoms with Gasteiger partial charge in [0, 0.05) is 16.6 Å². The number of carbonyl (C=O) groups excluding carboxylic acids is 1. The summed E-state index contributed by atoms with van der Waals surface area (Å²) in [4.78, 5) is 38.6. The van der Waals surface area contributed by atoms with Gasteiger partial charge >= 0.3 is 18.1 Å². The first-order valence-electron chi connectivity index (χ1n) is 9.47. The second kappa shape index (κ2) is 11.5. The van der Waals surface area contributed by atoms with Crippen molar-refractivity contribution in [3.63, 3.8) is 0 Å². The Labute approximate surface area is 199 Å². The van der Waals surface area contributed by atoms with Crippen molar-refractivity contribution in [1.29, 1.82) is 0 Å². The van der Waals surface area contributed by atoms with Gasteiger partial charge in [0.2, 0.25) is 5.89 Å². The Balaban J connectivity index is 0.000000509. The Kier molecular flexibility index (Phi) is 8.96. The molecule has 0 aliphatic rings. The molecule has 12 heteroatoms. The van der Waals surface area contributed by atoms with Crippen molar-refractivity contribution in [2.75, 3.05) is 6.54 Å². The summed E-state index contributed by atoms with van der Waals surface area (Å²) in [5.41, 5.74) is 1.68. The Bertz CT molecular complexity index is 1150. The number of nitrogens with zero attached hydrogens (tertiary/aromatic N) is 2. The van der Waals surface area contributed by atoms with Gasteiger partial charge in [-0.15, -0.1) is 0 Å². The van der Waals surface area contributed by atoms with Gasteiger partial charge in [0.05, 0.1) is 0 Å². The normalized spacial score (nSPS) is 10.7. The summed E-state index contributed by atoms with van der Waals surface area (Å²) in [6.45, 7) is 1.39. The predicted octanol–water partition coefficient (Wildman–Crippen LogP) is 4.77. The first-order valence-corrected chi connectivity index (χ1v) is 10.3. The van der Waals surface area contributed by atoms with Crippen LogP contribution in [0.15, 0.2) is 63.5 Å². The van der Waals surface area contributed by atoms with Crippen LogP contribution >= 0.6 is 15.9 Å². The van der Waals surface area contributed by atoms with Gasteiger partial charge in [0.25, 0.3) is 5.91 Å². The molecule has 0 aliphatic heterocycles. The van der Waals surface area contributed by atoms with Gasteiger partial charge in [0.15, 0.2) is 5.69 Å². The largest absolute Gasteiger partial charge is 0.490 e. The van der Waals surface area contributed by atoms with Gasteiger partial charge in [-0.3, -0.25) is 9.59 Å². The van der Waals surface area contributed by atoms with E-state index in [1.165, 1.54) is 4.90 Å². The number of halogens is 4. The van der Waals surface area contributed by atoms with Gasteiger partial charge in [0.1, 0.15) is 12.3 Å². The monoisotopic (exact) mass is 542 g/mol. The first kappa shape index (κ1) is 26.6. The van der Waals surface area contributed by atoms with Crippen molar-refractivity contribution in [2.45, 2.75) is 19.6 Å². The van der Waals surface area contributed by atoms with E-state index >= 15 is 0 Å². The van der Waals surface area contributed by atoms with Crippen LogP contribution in [-0.2, 0) is 16.1 Å². The average molecular weight is 543 g/mol. The van der Waals surface area contributed by atoms with Crippen LogP contribution in [0.25, 0.3) is 11.5 Å². The second-order valence-electron chi connectivity index (χ2n) is 6.77. The molecule has 1 aromatic heterocycles. The zero-order chi connectivity index (χ0) is 25.5. The van der Waals surface area contributed by atoms with Crippen LogP contribution in [0.3, 0.4) is 0 Å². The molecule has 0 aliphatic carbocycles. The molecule has 0 fully saturated rings. The molecular formula is C22H18BrF3N2O6. The molecular weight excluding hydrogens is 525 g/mol. The molecule has 0 bridgehead atoms. The third-order valence-corrected chi connectivity index (χ3v) is 4.69. The molecule has 34 heavy (non-hydrogen) atoms. The van der Waals surface area contributed by atoms with E-state index in [0.717, 1.165) is 15.6 Å². The maximum Gasteiger partial charge on any atom is 0.490 e. The minimum Gasteiger partial charge on any atom is -0.480 e. The Morgan fingerprint density at radius 1 is 1.03 bits per heavy atom. The van der Waals surface area contributed by atoms with Crippen LogP contribution in [0.4, 0.5) is 13.2 Å². The van der Waals surface area contributed by atoms with Gasteiger partial charge in [-0.2, -0.15) is 13.2 Å².